The third-order valence-electron chi connectivity index (χ3n) is 3.42. The van der Waals surface area contributed by atoms with E-state index in [4.69, 9.17) is 4.74 Å². The van der Waals surface area contributed by atoms with Crippen LogP contribution in [0.5, 0.6) is 0 Å². The number of amides is 3. The summed E-state index contributed by atoms with van der Waals surface area (Å²) in [4.78, 5) is 34.7. The number of rotatable bonds is 6. The maximum Gasteiger partial charge on any atom is 0.426 e. The quantitative estimate of drug-likeness (QED) is 0.651. The summed E-state index contributed by atoms with van der Waals surface area (Å²) in [6.45, 7) is -0.704. The summed E-state index contributed by atoms with van der Waals surface area (Å²) in [5.74, 6) is -4.53. The Labute approximate surface area is 157 Å². The Morgan fingerprint density at radius 2 is 1.61 bits per heavy atom. The second-order valence-electron chi connectivity index (χ2n) is 5.47. The molecule has 3 amide bonds. The van der Waals surface area contributed by atoms with Gasteiger partial charge >= 0.3 is 6.09 Å². The van der Waals surface area contributed by atoms with Crippen LogP contribution < -0.4 is 16.2 Å². The van der Waals surface area contributed by atoms with Crippen molar-refractivity contribution in [1.82, 2.24) is 16.2 Å². The molecule has 0 heterocycles. The Kier molecular flexibility index (Phi) is 7.37. The number of hydrazine groups is 1. The van der Waals surface area contributed by atoms with Crippen LogP contribution in [-0.4, -0.2) is 31.1 Å². The van der Waals surface area contributed by atoms with Gasteiger partial charge in [0, 0.05) is 6.42 Å². The summed E-state index contributed by atoms with van der Waals surface area (Å²) in [6.07, 6.45) is -0.708. The molecule has 0 unspecified atom stereocenters. The van der Waals surface area contributed by atoms with Gasteiger partial charge < -0.3 is 10.1 Å². The number of hydrogen-bond donors (Lipinski definition) is 3. The van der Waals surface area contributed by atoms with Gasteiger partial charge in [-0.15, -0.1) is 0 Å². The zero-order valence-corrected chi connectivity index (χ0v) is 14.4. The molecule has 0 aliphatic rings. The lowest BCUT2D eigenvalue weighted by Crippen LogP contribution is -2.46. The van der Waals surface area contributed by atoms with Crippen LogP contribution in [0.2, 0.25) is 0 Å². The van der Waals surface area contributed by atoms with Crippen molar-refractivity contribution in [1.29, 1.82) is 0 Å². The zero-order valence-electron chi connectivity index (χ0n) is 14.4. The third-order valence-corrected chi connectivity index (χ3v) is 3.42. The minimum atomic E-state index is -1.12. The SMILES string of the molecule is O=C(CNC(=O)c1c(F)cccc1F)NNC(=O)OCCc1cccc(F)c1. The highest BCUT2D eigenvalue weighted by atomic mass is 19.1. The largest absolute Gasteiger partial charge is 0.448 e. The van der Waals surface area contributed by atoms with E-state index in [1.54, 1.807) is 6.07 Å². The summed E-state index contributed by atoms with van der Waals surface area (Å²) >= 11 is 0. The highest BCUT2D eigenvalue weighted by Gasteiger charge is 2.17. The maximum atomic E-state index is 13.4. The van der Waals surface area contributed by atoms with Gasteiger partial charge in [0.05, 0.1) is 13.2 Å². The molecule has 2 aromatic rings. The molecule has 3 N–H and O–H groups in total. The van der Waals surface area contributed by atoms with Gasteiger partial charge in [-0.3, -0.25) is 15.0 Å². The van der Waals surface area contributed by atoms with Gasteiger partial charge in [-0.25, -0.2) is 23.4 Å². The Morgan fingerprint density at radius 3 is 2.29 bits per heavy atom. The van der Waals surface area contributed by atoms with Crippen LogP contribution in [-0.2, 0) is 16.0 Å². The predicted octanol–water partition coefficient (Wildman–Crippen LogP) is 1.83. The average molecular weight is 395 g/mol. The first kappa shape index (κ1) is 20.7. The second kappa shape index (κ2) is 9.95. The van der Waals surface area contributed by atoms with Gasteiger partial charge in [0.2, 0.25) is 0 Å². The van der Waals surface area contributed by atoms with E-state index in [0.29, 0.717) is 5.56 Å². The Hall–Kier alpha value is -3.56. The fourth-order valence-electron chi connectivity index (χ4n) is 2.12. The fraction of sp³-hybridized carbons (Fsp3) is 0.167. The van der Waals surface area contributed by atoms with Gasteiger partial charge in [-0.2, -0.15) is 0 Å². The zero-order chi connectivity index (χ0) is 20.5. The van der Waals surface area contributed by atoms with Crippen LogP contribution in [0.25, 0.3) is 0 Å². The normalized spacial score (nSPS) is 10.1. The number of halogens is 3. The molecular weight excluding hydrogens is 379 g/mol. The number of hydrogen-bond acceptors (Lipinski definition) is 4. The molecule has 0 atom stereocenters. The van der Waals surface area contributed by atoms with Gasteiger partial charge in [-0.1, -0.05) is 18.2 Å². The smallest absolute Gasteiger partial charge is 0.426 e. The number of nitrogens with one attached hydrogen (secondary N) is 3. The maximum absolute atomic E-state index is 13.4. The minimum Gasteiger partial charge on any atom is -0.448 e. The molecule has 0 fully saturated rings. The fourth-order valence-corrected chi connectivity index (χ4v) is 2.12. The first-order valence-corrected chi connectivity index (χ1v) is 8.05. The van der Waals surface area contributed by atoms with Gasteiger partial charge in [0.25, 0.3) is 11.8 Å². The van der Waals surface area contributed by atoms with Gasteiger partial charge in [0.1, 0.15) is 23.0 Å². The highest BCUT2D eigenvalue weighted by Crippen LogP contribution is 2.11. The van der Waals surface area contributed by atoms with Crippen LogP contribution >= 0.6 is 0 Å². The topological polar surface area (TPSA) is 96.5 Å². The first-order chi connectivity index (χ1) is 13.4. The molecule has 148 valence electrons. The molecule has 0 radical (unpaired) electrons. The number of carbonyl (C=O) groups is 3. The first-order valence-electron chi connectivity index (χ1n) is 8.05. The number of ether oxygens (including phenoxy) is 1. The minimum absolute atomic E-state index is 0.0611. The van der Waals surface area contributed by atoms with Gasteiger partial charge in [0.15, 0.2) is 0 Å². The molecule has 2 aromatic carbocycles. The molecule has 2 rings (SSSR count). The van der Waals surface area contributed by atoms with Crippen molar-refractivity contribution in [2.75, 3.05) is 13.2 Å². The molecule has 0 aliphatic carbocycles. The standard InChI is InChI=1S/C18H16F3N3O4/c19-12-4-1-3-11(9-12)7-8-28-18(27)24-23-15(25)10-22-17(26)16-13(20)5-2-6-14(16)21/h1-6,9H,7-8,10H2,(H,22,26)(H,23,25)(H,24,27). The van der Waals surface area contributed by atoms with E-state index < -0.39 is 47.5 Å². The van der Waals surface area contributed by atoms with Crippen molar-refractivity contribution < 1.29 is 32.3 Å². The average Bonchev–Trinajstić information content (AvgIpc) is 2.64. The molecule has 0 saturated heterocycles. The summed E-state index contributed by atoms with van der Waals surface area (Å²) < 4.78 is 44.7. The van der Waals surface area contributed by atoms with Crippen LogP contribution in [0, 0.1) is 17.5 Å². The molecule has 0 spiro atoms. The van der Waals surface area contributed by atoms with E-state index in [-0.39, 0.29) is 13.0 Å². The van der Waals surface area contributed by atoms with Crippen LogP contribution in [0.3, 0.4) is 0 Å². The van der Waals surface area contributed by atoms with Crippen LogP contribution in [0.4, 0.5) is 18.0 Å². The highest BCUT2D eigenvalue weighted by molar-refractivity contribution is 5.97. The lowest BCUT2D eigenvalue weighted by Gasteiger charge is -2.10. The Bertz CT molecular complexity index is 857. The molecule has 7 nitrogen and oxygen atoms in total. The van der Waals surface area contributed by atoms with Crippen molar-refractivity contribution in [2.24, 2.45) is 0 Å². The van der Waals surface area contributed by atoms with E-state index in [9.17, 15) is 27.6 Å². The van der Waals surface area contributed by atoms with E-state index >= 15 is 0 Å². The molecule has 0 aliphatic heterocycles. The van der Waals surface area contributed by atoms with E-state index in [1.807, 2.05) is 16.2 Å². The predicted molar refractivity (Wildman–Crippen MR) is 91.4 cm³/mol. The van der Waals surface area contributed by atoms with Crippen molar-refractivity contribution in [3.05, 3.63) is 71.0 Å². The van der Waals surface area contributed by atoms with Crippen molar-refractivity contribution in [2.45, 2.75) is 6.42 Å². The molecular formula is C18H16F3N3O4. The Balaban J connectivity index is 1.67. The third kappa shape index (κ3) is 6.31. The number of benzene rings is 2. The van der Waals surface area contributed by atoms with Gasteiger partial charge in [-0.05, 0) is 29.8 Å². The molecule has 0 saturated carbocycles. The second-order valence-corrected chi connectivity index (χ2v) is 5.47. The number of carbonyl (C=O) groups excluding carboxylic acids is 3. The van der Waals surface area contributed by atoms with Crippen molar-refractivity contribution >= 4 is 17.9 Å². The van der Waals surface area contributed by atoms with E-state index in [0.717, 1.165) is 18.2 Å². The molecule has 10 heteroatoms. The van der Waals surface area contributed by atoms with Crippen molar-refractivity contribution in [3.63, 3.8) is 0 Å². The molecule has 28 heavy (non-hydrogen) atoms. The van der Waals surface area contributed by atoms with Crippen LogP contribution in [0.15, 0.2) is 42.5 Å². The van der Waals surface area contributed by atoms with E-state index in [2.05, 4.69) is 0 Å². The summed E-state index contributed by atoms with van der Waals surface area (Å²) in [5.41, 5.74) is 3.69. The summed E-state index contributed by atoms with van der Waals surface area (Å²) in [7, 11) is 0. The monoisotopic (exact) mass is 395 g/mol. The lowest BCUT2D eigenvalue weighted by molar-refractivity contribution is -0.121. The van der Waals surface area contributed by atoms with E-state index in [1.165, 1.54) is 18.2 Å². The van der Waals surface area contributed by atoms with Crippen molar-refractivity contribution in [3.8, 4) is 0 Å². The molecule has 0 aromatic heterocycles. The summed E-state index contributed by atoms with van der Waals surface area (Å²) in [6, 6.07) is 8.66. The lowest BCUT2D eigenvalue weighted by atomic mass is 10.2. The summed E-state index contributed by atoms with van der Waals surface area (Å²) in [5, 5.41) is 2.02. The van der Waals surface area contributed by atoms with Crippen LogP contribution in [0.1, 0.15) is 15.9 Å². The Morgan fingerprint density at radius 1 is 0.929 bits per heavy atom. The molecule has 0 bridgehead atoms.